The third kappa shape index (κ3) is 4.22. The zero-order valence-electron chi connectivity index (χ0n) is 13.8. The van der Waals surface area contributed by atoms with Crippen LogP contribution in [0.25, 0.3) is 0 Å². The van der Waals surface area contributed by atoms with Gasteiger partial charge in [-0.3, -0.25) is 14.4 Å². The summed E-state index contributed by atoms with van der Waals surface area (Å²) in [4.78, 5) is 12.6. The number of nitrogens with zero attached hydrogens (tertiary/aromatic N) is 3. The number of carbonyl (C=O) groups excluding carboxylic acids is 1. The Morgan fingerprint density at radius 2 is 2.23 bits per heavy atom. The molecule has 2 aromatic rings. The molecular weight excluding hydrogens is 420 g/mol. The Bertz CT molecular complexity index is 934. The second-order valence-electron chi connectivity index (χ2n) is 5.41. The number of thioether (sulfide) groups is 1. The largest absolute Gasteiger partial charge is 0.478 e. The van der Waals surface area contributed by atoms with E-state index in [1.54, 1.807) is 12.1 Å². The molecule has 0 bridgehead atoms. The molecule has 1 aliphatic heterocycles. The van der Waals surface area contributed by atoms with E-state index in [1.807, 2.05) is 6.26 Å². The van der Waals surface area contributed by atoms with Crippen molar-refractivity contribution in [1.82, 2.24) is 10.2 Å². The number of rotatable bonds is 4. The van der Waals surface area contributed by atoms with Crippen molar-refractivity contribution in [2.45, 2.75) is 16.9 Å². The van der Waals surface area contributed by atoms with Crippen LogP contribution < -0.4 is 14.4 Å². The van der Waals surface area contributed by atoms with Gasteiger partial charge in [0.2, 0.25) is 15.2 Å². The smallest absolute Gasteiger partial charge is 0.267 e. The molecule has 0 spiro atoms. The summed E-state index contributed by atoms with van der Waals surface area (Å²) >= 11 is 8.67. The number of benzene rings is 1. The van der Waals surface area contributed by atoms with E-state index in [9.17, 15) is 13.2 Å². The molecule has 0 saturated heterocycles. The minimum absolute atomic E-state index is 0.0937. The number of nitrogens with one attached hydrogen (secondary N) is 1. The minimum Gasteiger partial charge on any atom is -0.478 e. The first kappa shape index (κ1) is 19.2. The molecule has 1 N–H and O–H groups in total. The van der Waals surface area contributed by atoms with Gasteiger partial charge < -0.3 is 4.74 Å². The summed E-state index contributed by atoms with van der Waals surface area (Å²) in [5, 5.41) is 11.2. The molecule has 26 heavy (non-hydrogen) atoms. The second-order valence-corrected chi connectivity index (χ2v) is 9.78. The highest BCUT2D eigenvalue weighted by molar-refractivity contribution is 8.00. The Morgan fingerprint density at radius 1 is 1.46 bits per heavy atom. The van der Waals surface area contributed by atoms with Gasteiger partial charge in [0, 0.05) is 18.0 Å². The maximum atomic E-state index is 12.6. The average molecular weight is 435 g/mol. The zero-order chi connectivity index (χ0) is 18.9. The minimum atomic E-state index is -3.55. The second kappa shape index (κ2) is 7.59. The highest BCUT2D eigenvalue weighted by Gasteiger charge is 2.31. The van der Waals surface area contributed by atoms with E-state index in [0.29, 0.717) is 15.8 Å². The first-order valence-corrected chi connectivity index (χ1v) is 11.7. The Balaban J connectivity index is 1.85. The van der Waals surface area contributed by atoms with Crippen LogP contribution in [0.5, 0.6) is 5.75 Å². The molecule has 1 aromatic heterocycles. The molecule has 1 atom stereocenters. The molecule has 1 aliphatic rings. The first-order valence-electron chi connectivity index (χ1n) is 7.40. The Kier molecular flexibility index (Phi) is 5.61. The van der Waals surface area contributed by atoms with Gasteiger partial charge in [-0.15, -0.1) is 10.2 Å². The van der Waals surface area contributed by atoms with Crippen LogP contribution in [0.2, 0.25) is 5.02 Å². The number of carbonyl (C=O) groups is 1. The molecule has 3 rings (SSSR count). The van der Waals surface area contributed by atoms with Crippen LogP contribution >= 0.6 is 34.7 Å². The number of halogens is 1. The normalized spacial score (nSPS) is 17.2. The lowest BCUT2D eigenvalue weighted by Gasteiger charge is -2.21. The summed E-state index contributed by atoms with van der Waals surface area (Å²) in [6, 6.07) is 4.64. The van der Waals surface area contributed by atoms with E-state index in [4.69, 9.17) is 16.3 Å². The van der Waals surface area contributed by atoms with Crippen molar-refractivity contribution >= 4 is 61.4 Å². The van der Waals surface area contributed by atoms with Crippen LogP contribution in [0.15, 0.2) is 22.5 Å². The molecule has 0 radical (unpaired) electrons. The fraction of sp³-hybridized carbons (Fsp3) is 0.357. The van der Waals surface area contributed by atoms with Crippen molar-refractivity contribution < 1.29 is 17.9 Å². The average Bonchev–Trinajstić information content (AvgIpc) is 2.92. The maximum absolute atomic E-state index is 12.6. The summed E-state index contributed by atoms with van der Waals surface area (Å²) in [5.41, 5.74) is 0.316. The number of hydrogen-bond donors (Lipinski definition) is 1. The lowest BCUT2D eigenvalue weighted by atomic mass is 10.2. The standard InChI is InChI=1S/C14H15ClN4O4S3/c1-24-14-18-17-13(25-14)16-12(20)11-5-6-19(26(2,21)22)9-7-8(15)3-4-10(9)23-11/h3-4,7,11H,5-6H2,1-2H3,(H,16,17,20). The summed E-state index contributed by atoms with van der Waals surface area (Å²) in [6.45, 7) is 0.0937. The van der Waals surface area contributed by atoms with Gasteiger partial charge in [0.15, 0.2) is 10.4 Å². The van der Waals surface area contributed by atoms with Crippen LogP contribution in [0.3, 0.4) is 0 Å². The number of aromatic nitrogens is 2. The van der Waals surface area contributed by atoms with Gasteiger partial charge in [0.1, 0.15) is 5.75 Å². The van der Waals surface area contributed by atoms with E-state index < -0.39 is 22.0 Å². The molecule has 1 amide bonds. The highest BCUT2D eigenvalue weighted by Crippen LogP contribution is 2.36. The van der Waals surface area contributed by atoms with Crippen molar-refractivity contribution in [3.05, 3.63) is 23.2 Å². The van der Waals surface area contributed by atoms with E-state index >= 15 is 0 Å². The zero-order valence-corrected chi connectivity index (χ0v) is 17.0. The fourth-order valence-corrected chi connectivity index (χ4v) is 4.69. The quantitative estimate of drug-likeness (QED) is 0.582. The number of ether oxygens (including phenoxy) is 1. The lowest BCUT2D eigenvalue weighted by Crippen LogP contribution is -2.35. The van der Waals surface area contributed by atoms with Crippen molar-refractivity contribution in [1.29, 1.82) is 0 Å². The van der Waals surface area contributed by atoms with Crippen LogP contribution in [-0.4, -0.2) is 49.7 Å². The van der Waals surface area contributed by atoms with Crippen LogP contribution in [0.4, 0.5) is 10.8 Å². The number of amides is 1. The summed E-state index contributed by atoms with van der Waals surface area (Å²) in [6.07, 6.45) is 2.27. The van der Waals surface area contributed by atoms with Crippen molar-refractivity contribution in [3.63, 3.8) is 0 Å². The molecule has 140 valence electrons. The first-order chi connectivity index (χ1) is 12.3. The molecule has 8 nitrogen and oxygen atoms in total. The van der Waals surface area contributed by atoms with Crippen molar-refractivity contribution in [3.8, 4) is 5.75 Å². The number of anilines is 2. The molecule has 12 heteroatoms. The fourth-order valence-electron chi connectivity index (χ4n) is 2.41. The van der Waals surface area contributed by atoms with Crippen molar-refractivity contribution in [2.75, 3.05) is 28.7 Å². The van der Waals surface area contributed by atoms with Crippen molar-refractivity contribution in [2.24, 2.45) is 0 Å². The maximum Gasteiger partial charge on any atom is 0.267 e. The van der Waals surface area contributed by atoms with Crippen LogP contribution in [-0.2, 0) is 14.8 Å². The molecule has 2 heterocycles. The van der Waals surface area contributed by atoms with Gasteiger partial charge in [-0.25, -0.2) is 8.42 Å². The summed E-state index contributed by atoms with van der Waals surface area (Å²) in [7, 11) is -3.55. The SMILES string of the molecule is CSc1nnc(NC(=O)C2CCN(S(C)(=O)=O)c3cc(Cl)ccc3O2)s1. The third-order valence-corrected chi connectivity index (χ3v) is 6.79. The van der Waals surface area contributed by atoms with Gasteiger partial charge in [-0.05, 0) is 24.5 Å². The topological polar surface area (TPSA) is 101 Å². The monoisotopic (exact) mass is 434 g/mol. The van der Waals surface area contributed by atoms with E-state index in [1.165, 1.54) is 33.5 Å². The number of hydrogen-bond acceptors (Lipinski definition) is 8. The number of sulfonamides is 1. The summed E-state index contributed by atoms with van der Waals surface area (Å²) < 4.78 is 31.9. The van der Waals surface area contributed by atoms with E-state index in [0.717, 1.165) is 10.6 Å². The third-order valence-electron chi connectivity index (χ3n) is 3.56. The molecule has 1 unspecified atom stereocenters. The predicted molar refractivity (Wildman–Crippen MR) is 103 cm³/mol. The van der Waals surface area contributed by atoms with Gasteiger partial charge in [0.25, 0.3) is 5.91 Å². The van der Waals surface area contributed by atoms with E-state index in [2.05, 4.69) is 15.5 Å². The predicted octanol–water partition coefficient (Wildman–Crippen LogP) is 2.47. The van der Waals surface area contributed by atoms with Gasteiger partial charge in [-0.1, -0.05) is 34.7 Å². The highest BCUT2D eigenvalue weighted by atomic mass is 35.5. The molecule has 1 aromatic carbocycles. The molecule has 0 saturated carbocycles. The van der Waals surface area contributed by atoms with Crippen LogP contribution in [0, 0.1) is 0 Å². The van der Waals surface area contributed by atoms with E-state index in [-0.39, 0.29) is 18.7 Å². The Labute approximate surface area is 163 Å². The van der Waals surface area contributed by atoms with Gasteiger partial charge in [-0.2, -0.15) is 0 Å². The lowest BCUT2D eigenvalue weighted by molar-refractivity contribution is -0.122. The van der Waals surface area contributed by atoms with Crippen LogP contribution in [0.1, 0.15) is 6.42 Å². The Morgan fingerprint density at radius 3 is 2.88 bits per heavy atom. The van der Waals surface area contributed by atoms with Gasteiger partial charge >= 0.3 is 0 Å². The molecular formula is C14H15ClN4O4S3. The Hall–Kier alpha value is -1.56. The molecule has 0 fully saturated rings. The summed E-state index contributed by atoms with van der Waals surface area (Å²) in [5.74, 6) is -0.135. The number of fused-ring (bicyclic) bond motifs is 1. The molecule has 0 aliphatic carbocycles. The van der Waals surface area contributed by atoms with Gasteiger partial charge in [0.05, 0.1) is 11.9 Å².